The van der Waals surface area contributed by atoms with Crippen molar-refractivity contribution in [3.05, 3.63) is 28.8 Å². The van der Waals surface area contributed by atoms with Gasteiger partial charge in [0.2, 0.25) is 11.8 Å². The molecule has 7 nitrogen and oxygen atoms in total. The van der Waals surface area contributed by atoms with Crippen molar-refractivity contribution in [3.63, 3.8) is 0 Å². The van der Waals surface area contributed by atoms with Crippen LogP contribution in [0.4, 0.5) is 10.5 Å². The average Bonchev–Trinajstić information content (AvgIpc) is 2.31. The molecule has 0 bridgehead atoms. The van der Waals surface area contributed by atoms with Crippen molar-refractivity contribution >= 4 is 23.5 Å². The molecule has 0 aliphatic rings. The predicted octanol–water partition coefficient (Wildman–Crippen LogP) is 0.677. The van der Waals surface area contributed by atoms with Gasteiger partial charge in [0.05, 0.1) is 13.1 Å². The molecule has 4 amide bonds. The molecule has 1 aromatic carbocycles. The van der Waals surface area contributed by atoms with E-state index >= 15 is 0 Å². The van der Waals surface area contributed by atoms with Gasteiger partial charge in [-0.1, -0.05) is 17.7 Å². The van der Waals surface area contributed by atoms with E-state index in [0.29, 0.717) is 0 Å². The number of nitrogens with zero attached hydrogens (tertiary/aromatic N) is 1. The minimum absolute atomic E-state index is 0.0267. The van der Waals surface area contributed by atoms with Crippen LogP contribution in [0.3, 0.4) is 0 Å². The Morgan fingerprint density at radius 1 is 1.05 bits per heavy atom. The zero-order valence-electron chi connectivity index (χ0n) is 13.3. The third kappa shape index (κ3) is 5.53. The second-order valence-corrected chi connectivity index (χ2v) is 5.41. The maximum atomic E-state index is 12.0. The summed E-state index contributed by atoms with van der Waals surface area (Å²) in [6, 6.07) is 3.08. The molecule has 0 aliphatic carbocycles. The molecule has 0 saturated heterocycles. The average molecular weight is 306 g/mol. The summed E-state index contributed by atoms with van der Waals surface area (Å²) in [4.78, 5) is 35.4. The van der Waals surface area contributed by atoms with E-state index in [2.05, 4.69) is 5.32 Å². The topological polar surface area (TPSA) is 105 Å². The molecule has 0 radical (unpaired) electrons. The lowest BCUT2D eigenvalue weighted by Crippen LogP contribution is -2.43. The maximum absolute atomic E-state index is 12.0. The quantitative estimate of drug-likeness (QED) is 0.744. The SMILES string of the molecule is Cc1cc(C)c(NC(=O)CN(C)CC(=O)NC(N)=O)c(C)c1. The van der Waals surface area contributed by atoms with Crippen molar-refractivity contribution in [2.75, 3.05) is 25.5 Å². The Kier molecular flexibility index (Phi) is 6.06. The Morgan fingerprint density at radius 2 is 1.55 bits per heavy atom. The Labute approximate surface area is 129 Å². The zero-order valence-corrected chi connectivity index (χ0v) is 13.3. The summed E-state index contributed by atoms with van der Waals surface area (Å²) >= 11 is 0. The first kappa shape index (κ1) is 17.6. The molecule has 0 aromatic heterocycles. The van der Waals surface area contributed by atoms with Crippen LogP contribution in [0.1, 0.15) is 16.7 Å². The number of anilines is 1. The summed E-state index contributed by atoms with van der Waals surface area (Å²) in [5.41, 5.74) is 8.74. The largest absolute Gasteiger partial charge is 0.351 e. The van der Waals surface area contributed by atoms with Crippen molar-refractivity contribution in [2.45, 2.75) is 20.8 Å². The van der Waals surface area contributed by atoms with E-state index in [4.69, 9.17) is 5.73 Å². The van der Waals surface area contributed by atoms with Crippen LogP contribution in [-0.4, -0.2) is 42.9 Å². The summed E-state index contributed by atoms with van der Waals surface area (Å²) in [7, 11) is 1.61. The van der Waals surface area contributed by atoms with Gasteiger partial charge in [-0.2, -0.15) is 0 Å². The molecule has 1 rings (SSSR count). The van der Waals surface area contributed by atoms with Gasteiger partial charge in [-0.15, -0.1) is 0 Å². The number of primary amides is 1. The zero-order chi connectivity index (χ0) is 16.9. The van der Waals surface area contributed by atoms with Crippen LogP contribution in [0.5, 0.6) is 0 Å². The standard InChI is InChI=1S/C15H22N4O3/c1-9-5-10(2)14(11(3)6-9)17-12(20)7-19(4)8-13(21)18-15(16)22/h5-6H,7-8H2,1-4H3,(H,17,20)(H3,16,18,21,22). The highest BCUT2D eigenvalue weighted by atomic mass is 16.2. The monoisotopic (exact) mass is 306 g/mol. The van der Waals surface area contributed by atoms with Crippen LogP contribution in [-0.2, 0) is 9.59 Å². The predicted molar refractivity (Wildman–Crippen MR) is 84.5 cm³/mol. The Morgan fingerprint density at radius 3 is 2.05 bits per heavy atom. The number of aryl methyl sites for hydroxylation is 3. The molecule has 120 valence electrons. The number of hydrogen-bond donors (Lipinski definition) is 3. The van der Waals surface area contributed by atoms with E-state index in [1.54, 1.807) is 7.05 Å². The van der Waals surface area contributed by atoms with Gasteiger partial charge < -0.3 is 11.1 Å². The maximum Gasteiger partial charge on any atom is 0.318 e. The number of hydrogen-bond acceptors (Lipinski definition) is 4. The highest BCUT2D eigenvalue weighted by Gasteiger charge is 2.13. The van der Waals surface area contributed by atoms with E-state index < -0.39 is 11.9 Å². The van der Waals surface area contributed by atoms with Gasteiger partial charge in [0.1, 0.15) is 0 Å². The second-order valence-electron chi connectivity index (χ2n) is 5.41. The number of likely N-dealkylation sites (N-methyl/N-ethyl adjacent to an activating group) is 1. The molecule has 0 heterocycles. The third-order valence-corrected chi connectivity index (χ3v) is 3.03. The second kappa shape index (κ2) is 7.56. The van der Waals surface area contributed by atoms with E-state index in [1.165, 1.54) is 4.90 Å². The number of carbonyl (C=O) groups is 3. The van der Waals surface area contributed by atoms with Gasteiger partial charge in [-0.05, 0) is 38.9 Å². The normalized spacial score (nSPS) is 10.4. The lowest BCUT2D eigenvalue weighted by molar-refractivity contribution is -0.122. The van der Waals surface area contributed by atoms with Crippen LogP contribution >= 0.6 is 0 Å². The molecule has 4 N–H and O–H groups in total. The minimum Gasteiger partial charge on any atom is -0.351 e. The highest BCUT2D eigenvalue weighted by molar-refractivity contribution is 5.96. The number of rotatable bonds is 5. The van der Waals surface area contributed by atoms with Crippen LogP contribution < -0.4 is 16.4 Å². The first-order valence-electron chi connectivity index (χ1n) is 6.84. The van der Waals surface area contributed by atoms with Gasteiger partial charge >= 0.3 is 6.03 Å². The van der Waals surface area contributed by atoms with Gasteiger partial charge in [0, 0.05) is 5.69 Å². The van der Waals surface area contributed by atoms with Crippen LogP contribution in [0, 0.1) is 20.8 Å². The Balaban J connectivity index is 2.60. The van der Waals surface area contributed by atoms with E-state index in [1.807, 2.05) is 38.2 Å². The molecule has 0 unspecified atom stereocenters. The first-order chi connectivity index (χ1) is 10.2. The highest BCUT2D eigenvalue weighted by Crippen LogP contribution is 2.21. The number of carbonyl (C=O) groups excluding carboxylic acids is 3. The number of urea groups is 1. The molecule has 0 fully saturated rings. The fourth-order valence-corrected chi connectivity index (χ4v) is 2.28. The summed E-state index contributed by atoms with van der Waals surface area (Å²) in [6.45, 7) is 5.79. The van der Waals surface area contributed by atoms with E-state index in [0.717, 1.165) is 22.4 Å². The van der Waals surface area contributed by atoms with Crippen molar-refractivity contribution in [3.8, 4) is 0 Å². The minimum atomic E-state index is -0.909. The van der Waals surface area contributed by atoms with Crippen molar-refractivity contribution in [1.82, 2.24) is 10.2 Å². The molecule has 0 atom stereocenters. The number of amides is 4. The molecular formula is C15H22N4O3. The van der Waals surface area contributed by atoms with Crippen molar-refractivity contribution < 1.29 is 14.4 Å². The van der Waals surface area contributed by atoms with Gasteiger partial charge in [0.25, 0.3) is 0 Å². The summed E-state index contributed by atoms with van der Waals surface area (Å²) in [5, 5.41) is 4.79. The first-order valence-corrected chi connectivity index (χ1v) is 6.84. The smallest absolute Gasteiger partial charge is 0.318 e. The molecule has 22 heavy (non-hydrogen) atoms. The number of nitrogens with two attached hydrogens (primary N) is 1. The molecule has 7 heteroatoms. The van der Waals surface area contributed by atoms with Crippen LogP contribution in [0.25, 0.3) is 0 Å². The molecular weight excluding hydrogens is 284 g/mol. The van der Waals surface area contributed by atoms with Crippen molar-refractivity contribution in [1.29, 1.82) is 0 Å². The van der Waals surface area contributed by atoms with E-state index in [-0.39, 0.29) is 19.0 Å². The lowest BCUT2D eigenvalue weighted by Gasteiger charge is -2.17. The van der Waals surface area contributed by atoms with Gasteiger partial charge in [-0.3, -0.25) is 19.8 Å². The fraction of sp³-hybridized carbons (Fsp3) is 0.400. The number of nitrogens with one attached hydrogen (secondary N) is 2. The van der Waals surface area contributed by atoms with Gasteiger partial charge in [0.15, 0.2) is 0 Å². The molecule has 0 saturated carbocycles. The molecule has 1 aromatic rings. The summed E-state index contributed by atoms with van der Waals surface area (Å²) in [5.74, 6) is -0.782. The van der Waals surface area contributed by atoms with Crippen LogP contribution in [0.15, 0.2) is 12.1 Å². The molecule has 0 spiro atoms. The molecule has 0 aliphatic heterocycles. The fourth-order valence-electron chi connectivity index (χ4n) is 2.28. The summed E-state index contributed by atoms with van der Waals surface area (Å²) in [6.07, 6.45) is 0. The number of benzene rings is 1. The summed E-state index contributed by atoms with van der Waals surface area (Å²) < 4.78 is 0. The third-order valence-electron chi connectivity index (χ3n) is 3.03. The Bertz CT molecular complexity index is 575. The van der Waals surface area contributed by atoms with Gasteiger partial charge in [-0.25, -0.2) is 4.79 Å². The van der Waals surface area contributed by atoms with E-state index in [9.17, 15) is 14.4 Å². The lowest BCUT2D eigenvalue weighted by atomic mass is 10.1. The van der Waals surface area contributed by atoms with Crippen LogP contribution in [0.2, 0.25) is 0 Å². The van der Waals surface area contributed by atoms with Crippen molar-refractivity contribution in [2.24, 2.45) is 5.73 Å². The Hall–Kier alpha value is -2.41. The number of imide groups is 1.